The third kappa shape index (κ3) is 3.79. The minimum Gasteiger partial charge on any atom is -0.377 e. The first-order valence-electron chi connectivity index (χ1n) is 6.90. The van der Waals surface area contributed by atoms with Crippen molar-refractivity contribution in [1.82, 2.24) is 5.32 Å². The predicted octanol–water partition coefficient (Wildman–Crippen LogP) is 3.44. The van der Waals surface area contributed by atoms with Crippen LogP contribution in [0, 0.1) is 5.82 Å². The Morgan fingerprint density at radius 3 is 3.00 bits per heavy atom. The molecule has 2 rings (SSSR count). The quantitative estimate of drug-likeness (QED) is 0.865. The zero-order valence-corrected chi connectivity index (χ0v) is 11.0. The van der Waals surface area contributed by atoms with E-state index in [-0.39, 0.29) is 11.9 Å². The molecule has 3 heteroatoms. The van der Waals surface area contributed by atoms with Crippen molar-refractivity contribution in [3.8, 4) is 0 Å². The molecule has 1 aromatic carbocycles. The van der Waals surface area contributed by atoms with Crippen LogP contribution < -0.4 is 5.32 Å². The highest BCUT2D eigenvalue weighted by Crippen LogP contribution is 2.19. The Labute approximate surface area is 109 Å². The Morgan fingerprint density at radius 2 is 2.33 bits per heavy atom. The van der Waals surface area contributed by atoms with E-state index < -0.39 is 0 Å². The topological polar surface area (TPSA) is 21.3 Å². The van der Waals surface area contributed by atoms with Crippen molar-refractivity contribution in [3.05, 3.63) is 35.6 Å². The normalized spacial score (nSPS) is 21.8. The van der Waals surface area contributed by atoms with Crippen LogP contribution in [0.5, 0.6) is 0 Å². The maximum absolute atomic E-state index is 13.2. The number of hydrogen-bond donors (Lipinski definition) is 1. The number of halogens is 1. The van der Waals surface area contributed by atoms with Crippen molar-refractivity contribution in [2.75, 3.05) is 13.2 Å². The molecule has 1 heterocycles. The van der Waals surface area contributed by atoms with Crippen LogP contribution in [0.25, 0.3) is 0 Å². The molecule has 2 atom stereocenters. The van der Waals surface area contributed by atoms with Crippen LogP contribution in [0.3, 0.4) is 0 Å². The van der Waals surface area contributed by atoms with Gasteiger partial charge in [0.1, 0.15) is 5.82 Å². The summed E-state index contributed by atoms with van der Waals surface area (Å²) in [7, 11) is 0. The average Bonchev–Trinajstić information content (AvgIpc) is 2.41. The van der Waals surface area contributed by atoms with Gasteiger partial charge in [0.25, 0.3) is 0 Å². The lowest BCUT2D eigenvalue weighted by Gasteiger charge is -2.26. The maximum Gasteiger partial charge on any atom is 0.123 e. The highest BCUT2D eigenvalue weighted by molar-refractivity contribution is 5.20. The minimum atomic E-state index is -0.165. The van der Waals surface area contributed by atoms with Gasteiger partial charge in [-0.05, 0) is 43.4 Å². The summed E-state index contributed by atoms with van der Waals surface area (Å²) in [5.41, 5.74) is 1.02. The summed E-state index contributed by atoms with van der Waals surface area (Å²) in [5, 5.41) is 3.49. The molecule has 2 nitrogen and oxygen atoms in total. The van der Waals surface area contributed by atoms with E-state index in [2.05, 4.69) is 12.2 Å². The van der Waals surface area contributed by atoms with Gasteiger partial charge in [-0.3, -0.25) is 0 Å². The minimum absolute atomic E-state index is 0.165. The summed E-state index contributed by atoms with van der Waals surface area (Å²) in [4.78, 5) is 0. The molecule has 1 aromatic rings. The summed E-state index contributed by atoms with van der Waals surface area (Å²) in [6.45, 7) is 3.85. The van der Waals surface area contributed by atoms with Crippen LogP contribution in [-0.4, -0.2) is 19.3 Å². The molecule has 1 N–H and O–H groups in total. The van der Waals surface area contributed by atoms with Crippen LogP contribution >= 0.6 is 0 Å². The van der Waals surface area contributed by atoms with Crippen molar-refractivity contribution >= 4 is 0 Å². The molecule has 1 aliphatic rings. The smallest absolute Gasteiger partial charge is 0.123 e. The molecule has 1 saturated heterocycles. The standard InChI is InChI=1S/C15H22FNO/c1-2-15(12-6-5-7-13(16)10-12)17-11-14-8-3-4-9-18-14/h5-7,10,14-15,17H,2-4,8-9,11H2,1H3. The number of nitrogens with one attached hydrogen (secondary N) is 1. The Bertz CT molecular complexity index is 363. The fourth-order valence-electron chi connectivity index (χ4n) is 2.46. The second kappa shape index (κ2) is 6.86. The first kappa shape index (κ1) is 13.5. The molecular weight excluding hydrogens is 229 g/mol. The Morgan fingerprint density at radius 1 is 1.44 bits per heavy atom. The lowest BCUT2D eigenvalue weighted by Crippen LogP contribution is -2.34. The fraction of sp³-hybridized carbons (Fsp3) is 0.600. The number of rotatable bonds is 5. The third-order valence-corrected chi connectivity index (χ3v) is 3.53. The van der Waals surface area contributed by atoms with Crippen LogP contribution in [0.1, 0.15) is 44.2 Å². The molecule has 1 fully saturated rings. The molecule has 100 valence electrons. The van der Waals surface area contributed by atoms with E-state index in [1.807, 2.05) is 6.07 Å². The van der Waals surface area contributed by atoms with Gasteiger partial charge in [-0.15, -0.1) is 0 Å². The fourth-order valence-corrected chi connectivity index (χ4v) is 2.46. The average molecular weight is 251 g/mol. The van der Waals surface area contributed by atoms with Gasteiger partial charge in [0.2, 0.25) is 0 Å². The summed E-state index contributed by atoms with van der Waals surface area (Å²) < 4.78 is 18.9. The molecule has 2 unspecified atom stereocenters. The second-order valence-corrected chi connectivity index (χ2v) is 4.91. The summed E-state index contributed by atoms with van der Waals surface area (Å²) >= 11 is 0. The number of ether oxygens (including phenoxy) is 1. The van der Waals surface area contributed by atoms with Gasteiger partial charge in [-0.2, -0.15) is 0 Å². The summed E-state index contributed by atoms with van der Waals surface area (Å²) in [6, 6.07) is 7.06. The Kier molecular flexibility index (Phi) is 5.14. The number of hydrogen-bond acceptors (Lipinski definition) is 2. The van der Waals surface area contributed by atoms with E-state index in [1.165, 1.54) is 18.9 Å². The molecule has 0 amide bonds. The van der Waals surface area contributed by atoms with Crippen LogP contribution in [-0.2, 0) is 4.74 Å². The van der Waals surface area contributed by atoms with Crippen molar-refractivity contribution in [2.45, 2.75) is 44.8 Å². The van der Waals surface area contributed by atoms with E-state index in [9.17, 15) is 4.39 Å². The van der Waals surface area contributed by atoms with Crippen LogP contribution in [0.4, 0.5) is 4.39 Å². The molecule has 0 aliphatic carbocycles. The SMILES string of the molecule is CCC(NCC1CCCCO1)c1cccc(F)c1. The van der Waals surface area contributed by atoms with E-state index in [1.54, 1.807) is 12.1 Å². The van der Waals surface area contributed by atoms with Crippen LogP contribution in [0.2, 0.25) is 0 Å². The van der Waals surface area contributed by atoms with Gasteiger partial charge in [-0.25, -0.2) is 4.39 Å². The van der Waals surface area contributed by atoms with Crippen molar-refractivity contribution in [3.63, 3.8) is 0 Å². The Hall–Kier alpha value is -0.930. The van der Waals surface area contributed by atoms with E-state index in [0.717, 1.165) is 31.6 Å². The lowest BCUT2D eigenvalue weighted by molar-refractivity contribution is 0.0152. The molecule has 0 aromatic heterocycles. The van der Waals surface area contributed by atoms with Crippen molar-refractivity contribution in [2.24, 2.45) is 0 Å². The van der Waals surface area contributed by atoms with E-state index >= 15 is 0 Å². The zero-order valence-electron chi connectivity index (χ0n) is 11.0. The van der Waals surface area contributed by atoms with Gasteiger partial charge in [0.05, 0.1) is 6.10 Å². The van der Waals surface area contributed by atoms with Crippen molar-refractivity contribution in [1.29, 1.82) is 0 Å². The molecule has 0 saturated carbocycles. The summed E-state index contributed by atoms with van der Waals surface area (Å²) in [5.74, 6) is -0.165. The predicted molar refractivity (Wildman–Crippen MR) is 71.0 cm³/mol. The van der Waals surface area contributed by atoms with Crippen molar-refractivity contribution < 1.29 is 9.13 Å². The highest BCUT2D eigenvalue weighted by Gasteiger charge is 2.16. The second-order valence-electron chi connectivity index (χ2n) is 4.91. The monoisotopic (exact) mass is 251 g/mol. The van der Waals surface area contributed by atoms with Gasteiger partial charge < -0.3 is 10.1 Å². The number of benzene rings is 1. The largest absolute Gasteiger partial charge is 0.377 e. The maximum atomic E-state index is 13.2. The molecule has 1 aliphatic heterocycles. The molecule has 0 radical (unpaired) electrons. The van der Waals surface area contributed by atoms with Gasteiger partial charge >= 0.3 is 0 Å². The highest BCUT2D eigenvalue weighted by atomic mass is 19.1. The van der Waals surface area contributed by atoms with Gasteiger partial charge in [0.15, 0.2) is 0 Å². The van der Waals surface area contributed by atoms with E-state index in [4.69, 9.17) is 4.74 Å². The molecule has 0 spiro atoms. The first-order valence-corrected chi connectivity index (χ1v) is 6.90. The van der Waals surface area contributed by atoms with Gasteiger partial charge in [0, 0.05) is 19.2 Å². The molecular formula is C15H22FNO. The third-order valence-electron chi connectivity index (χ3n) is 3.53. The lowest BCUT2D eigenvalue weighted by atomic mass is 10.0. The molecule has 18 heavy (non-hydrogen) atoms. The van der Waals surface area contributed by atoms with Crippen LogP contribution in [0.15, 0.2) is 24.3 Å². The Balaban J connectivity index is 1.88. The summed E-state index contributed by atoms with van der Waals surface area (Å²) in [6.07, 6.45) is 4.84. The van der Waals surface area contributed by atoms with E-state index in [0.29, 0.717) is 6.10 Å². The first-order chi connectivity index (χ1) is 8.79. The molecule has 0 bridgehead atoms. The van der Waals surface area contributed by atoms with Gasteiger partial charge in [-0.1, -0.05) is 19.1 Å². The zero-order chi connectivity index (χ0) is 12.8.